The van der Waals surface area contributed by atoms with Crippen molar-refractivity contribution in [2.24, 2.45) is 0 Å². The first-order chi connectivity index (χ1) is 12.2. The van der Waals surface area contributed by atoms with Crippen LogP contribution in [0.15, 0.2) is 30.3 Å². The minimum atomic E-state index is -0.460. The molecule has 0 radical (unpaired) electrons. The minimum Gasteiger partial charge on any atom is -0.444 e. The summed E-state index contributed by atoms with van der Waals surface area (Å²) in [7, 11) is 2.10. The molecule has 0 bridgehead atoms. The van der Waals surface area contributed by atoms with Crippen molar-refractivity contribution < 1.29 is 14.3 Å². The van der Waals surface area contributed by atoms with Crippen molar-refractivity contribution in [3.8, 4) is 0 Å². The molecule has 0 spiro atoms. The van der Waals surface area contributed by atoms with E-state index in [4.69, 9.17) is 4.74 Å². The Labute approximate surface area is 155 Å². The Morgan fingerprint density at radius 2 is 1.65 bits per heavy atom. The van der Waals surface area contributed by atoms with E-state index in [1.807, 2.05) is 56.0 Å². The third kappa shape index (κ3) is 4.18. The first-order valence-electron chi connectivity index (χ1n) is 9.29. The summed E-state index contributed by atoms with van der Waals surface area (Å²) in [5.41, 5.74) is 0.285. The smallest absolute Gasteiger partial charge is 0.410 e. The predicted molar refractivity (Wildman–Crippen MR) is 100 cm³/mol. The Balaban J connectivity index is 1.48. The maximum Gasteiger partial charge on any atom is 0.410 e. The second-order valence-corrected chi connectivity index (χ2v) is 8.26. The summed E-state index contributed by atoms with van der Waals surface area (Å²) in [6.07, 6.45) is 0.729. The Hall–Kier alpha value is -2.08. The highest BCUT2D eigenvalue weighted by Crippen LogP contribution is 2.24. The fourth-order valence-electron chi connectivity index (χ4n) is 3.51. The molecule has 0 unspecified atom stereocenters. The van der Waals surface area contributed by atoms with Crippen LogP contribution in [0.5, 0.6) is 0 Å². The number of benzene rings is 1. The molecule has 2 aliphatic rings. The molecule has 2 heterocycles. The van der Waals surface area contributed by atoms with Crippen molar-refractivity contribution in [1.82, 2.24) is 14.7 Å². The lowest BCUT2D eigenvalue weighted by molar-refractivity contribution is -0.0172. The van der Waals surface area contributed by atoms with E-state index in [0.717, 1.165) is 25.1 Å². The van der Waals surface area contributed by atoms with Crippen LogP contribution in [0.3, 0.4) is 0 Å². The van der Waals surface area contributed by atoms with Crippen LogP contribution in [0, 0.1) is 0 Å². The summed E-state index contributed by atoms with van der Waals surface area (Å²) in [6, 6.07) is 10.1. The normalized spacial score (nSPS) is 21.0. The van der Waals surface area contributed by atoms with Crippen LogP contribution in [0.2, 0.25) is 0 Å². The van der Waals surface area contributed by atoms with Gasteiger partial charge >= 0.3 is 6.09 Å². The molecule has 3 rings (SSSR count). The molecule has 26 heavy (non-hydrogen) atoms. The summed E-state index contributed by atoms with van der Waals surface area (Å²) in [6.45, 7) is 8.54. The molecule has 0 aromatic heterocycles. The fraction of sp³-hybridized carbons (Fsp3) is 0.600. The molecule has 1 aromatic carbocycles. The summed E-state index contributed by atoms with van der Waals surface area (Å²) in [5.74, 6) is 0.102. The van der Waals surface area contributed by atoms with Gasteiger partial charge in [-0.25, -0.2) is 4.79 Å². The monoisotopic (exact) mass is 359 g/mol. The second kappa shape index (κ2) is 7.27. The van der Waals surface area contributed by atoms with E-state index in [1.54, 1.807) is 4.90 Å². The van der Waals surface area contributed by atoms with E-state index in [1.165, 1.54) is 0 Å². The van der Waals surface area contributed by atoms with Gasteiger partial charge in [0.1, 0.15) is 5.60 Å². The van der Waals surface area contributed by atoms with Gasteiger partial charge in [-0.2, -0.15) is 0 Å². The van der Waals surface area contributed by atoms with Gasteiger partial charge in [0.2, 0.25) is 0 Å². The Morgan fingerprint density at radius 1 is 1.04 bits per heavy atom. The topological polar surface area (TPSA) is 53.1 Å². The molecule has 0 N–H and O–H groups in total. The average molecular weight is 359 g/mol. The number of carbonyl (C=O) groups is 2. The molecule has 2 aliphatic heterocycles. The largest absolute Gasteiger partial charge is 0.444 e. The third-order valence-electron chi connectivity index (χ3n) is 5.14. The zero-order chi connectivity index (χ0) is 18.9. The van der Waals surface area contributed by atoms with Gasteiger partial charge in [-0.1, -0.05) is 18.2 Å². The molecule has 0 aliphatic carbocycles. The van der Waals surface area contributed by atoms with Crippen molar-refractivity contribution in [2.45, 2.75) is 44.9 Å². The number of nitrogens with zero attached hydrogens (tertiary/aromatic N) is 3. The van der Waals surface area contributed by atoms with Crippen molar-refractivity contribution in [3.05, 3.63) is 35.9 Å². The Morgan fingerprint density at radius 3 is 2.27 bits per heavy atom. The predicted octanol–water partition coefficient (Wildman–Crippen LogP) is 2.45. The van der Waals surface area contributed by atoms with Crippen LogP contribution in [0.1, 0.15) is 37.6 Å². The van der Waals surface area contributed by atoms with Crippen LogP contribution in [0.4, 0.5) is 4.79 Å². The van der Waals surface area contributed by atoms with E-state index in [-0.39, 0.29) is 12.0 Å². The van der Waals surface area contributed by atoms with Gasteiger partial charge in [-0.05, 0) is 46.4 Å². The van der Waals surface area contributed by atoms with Crippen molar-refractivity contribution in [3.63, 3.8) is 0 Å². The van der Waals surface area contributed by atoms with Crippen molar-refractivity contribution in [1.29, 1.82) is 0 Å². The highest BCUT2D eigenvalue weighted by Gasteiger charge is 2.40. The van der Waals surface area contributed by atoms with E-state index >= 15 is 0 Å². The minimum absolute atomic E-state index is 0.102. The summed E-state index contributed by atoms with van der Waals surface area (Å²) >= 11 is 0. The molecule has 2 amide bonds. The van der Waals surface area contributed by atoms with Gasteiger partial charge in [0.05, 0.1) is 0 Å². The molecule has 0 saturated carbocycles. The zero-order valence-electron chi connectivity index (χ0n) is 16.1. The van der Waals surface area contributed by atoms with E-state index in [0.29, 0.717) is 25.2 Å². The second-order valence-electron chi connectivity index (χ2n) is 8.26. The number of amides is 2. The number of rotatable bonds is 3. The number of hydrogen-bond donors (Lipinski definition) is 0. The molecule has 2 fully saturated rings. The highest BCUT2D eigenvalue weighted by molar-refractivity contribution is 5.94. The van der Waals surface area contributed by atoms with Gasteiger partial charge in [-0.15, -0.1) is 0 Å². The number of likely N-dealkylation sites (tertiary alicyclic amines) is 2. The van der Waals surface area contributed by atoms with Crippen molar-refractivity contribution >= 4 is 12.0 Å². The molecule has 2 saturated heterocycles. The van der Waals surface area contributed by atoms with Crippen LogP contribution >= 0.6 is 0 Å². The summed E-state index contributed by atoms with van der Waals surface area (Å²) < 4.78 is 5.41. The van der Waals surface area contributed by atoms with Crippen molar-refractivity contribution in [2.75, 3.05) is 33.2 Å². The van der Waals surface area contributed by atoms with Crippen LogP contribution in [-0.2, 0) is 4.74 Å². The van der Waals surface area contributed by atoms with Gasteiger partial charge in [0, 0.05) is 43.8 Å². The standard InChI is InChI=1S/C20H29N3O3/c1-20(2,3)26-19(25)23-13-17(14-23)21(4)16-10-11-22(12-16)18(24)15-8-6-5-7-9-15/h5-9,16-17H,10-14H2,1-4H3/t16-/m0/s1. The third-order valence-corrected chi connectivity index (χ3v) is 5.14. The van der Waals surface area contributed by atoms with Gasteiger partial charge in [-0.3, -0.25) is 9.69 Å². The zero-order valence-corrected chi connectivity index (χ0v) is 16.1. The number of hydrogen-bond acceptors (Lipinski definition) is 4. The van der Waals surface area contributed by atoms with Gasteiger partial charge in [0.15, 0.2) is 0 Å². The lowest BCUT2D eigenvalue weighted by Gasteiger charge is -2.45. The molecular weight excluding hydrogens is 330 g/mol. The number of likely N-dealkylation sites (N-methyl/N-ethyl adjacent to an activating group) is 1. The van der Waals surface area contributed by atoms with E-state index < -0.39 is 5.60 Å². The fourth-order valence-corrected chi connectivity index (χ4v) is 3.51. The molecule has 1 aromatic rings. The first-order valence-corrected chi connectivity index (χ1v) is 9.29. The quantitative estimate of drug-likeness (QED) is 0.832. The number of ether oxygens (including phenoxy) is 1. The maximum absolute atomic E-state index is 12.6. The SMILES string of the molecule is CN(C1CN(C(=O)OC(C)(C)C)C1)[C@H]1CCN(C(=O)c2ccccc2)C1. The average Bonchev–Trinajstić information content (AvgIpc) is 3.01. The lowest BCUT2D eigenvalue weighted by Crippen LogP contribution is -2.62. The molecule has 142 valence electrons. The Bertz CT molecular complexity index is 650. The maximum atomic E-state index is 12.6. The molecule has 6 nitrogen and oxygen atoms in total. The van der Waals surface area contributed by atoms with Gasteiger partial charge < -0.3 is 14.5 Å². The molecular formula is C20H29N3O3. The van der Waals surface area contributed by atoms with E-state index in [9.17, 15) is 9.59 Å². The highest BCUT2D eigenvalue weighted by atomic mass is 16.6. The van der Waals surface area contributed by atoms with Crippen LogP contribution in [-0.4, -0.2) is 77.6 Å². The first kappa shape index (κ1) is 18.7. The lowest BCUT2D eigenvalue weighted by atomic mass is 10.1. The number of carbonyl (C=O) groups excluding carboxylic acids is 2. The molecule has 6 heteroatoms. The van der Waals surface area contributed by atoms with Crippen LogP contribution < -0.4 is 0 Å². The van der Waals surface area contributed by atoms with E-state index in [2.05, 4.69) is 11.9 Å². The Kier molecular flexibility index (Phi) is 5.23. The van der Waals surface area contributed by atoms with Gasteiger partial charge in [0.25, 0.3) is 5.91 Å². The van der Waals surface area contributed by atoms with Crippen LogP contribution in [0.25, 0.3) is 0 Å². The summed E-state index contributed by atoms with van der Waals surface area (Å²) in [5, 5.41) is 0. The molecule has 1 atom stereocenters. The summed E-state index contributed by atoms with van der Waals surface area (Å²) in [4.78, 5) is 30.6.